The van der Waals surface area contributed by atoms with Gasteiger partial charge in [0.15, 0.2) is 0 Å². The first-order chi connectivity index (χ1) is 15.2. The van der Waals surface area contributed by atoms with E-state index in [1.54, 1.807) is 18.9 Å². The molecule has 0 atom stereocenters. The van der Waals surface area contributed by atoms with Gasteiger partial charge in [0, 0.05) is 32.6 Å². The van der Waals surface area contributed by atoms with Crippen LogP contribution in [0.5, 0.6) is 0 Å². The number of amides is 2. The second kappa shape index (κ2) is 10.4. The first-order valence-corrected chi connectivity index (χ1v) is 12.2. The van der Waals surface area contributed by atoms with Gasteiger partial charge in [-0.2, -0.15) is 5.10 Å². The topological polar surface area (TPSA) is 97.2 Å². The molecule has 32 heavy (non-hydrogen) atoms. The molecule has 3 heterocycles. The van der Waals surface area contributed by atoms with Crippen LogP contribution in [0.1, 0.15) is 65.7 Å². The summed E-state index contributed by atoms with van der Waals surface area (Å²) in [5.74, 6) is -0.0126. The Morgan fingerprint density at radius 2 is 1.81 bits per heavy atom. The number of hydrogen-bond acceptors (Lipinski definition) is 6. The van der Waals surface area contributed by atoms with Gasteiger partial charge in [-0.05, 0) is 45.6 Å². The Hall–Kier alpha value is -2.55. The van der Waals surface area contributed by atoms with Gasteiger partial charge in [0.05, 0.1) is 17.0 Å². The van der Waals surface area contributed by atoms with Crippen LogP contribution in [0.2, 0.25) is 0 Å². The molecule has 2 aromatic rings. The molecule has 9 heteroatoms. The smallest absolute Gasteiger partial charge is 0.277 e. The van der Waals surface area contributed by atoms with Gasteiger partial charge >= 0.3 is 0 Å². The van der Waals surface area contributed by atoms with E-state index in [4.69, 9.17) is 0 Å². The van der Waals surface area contributed by atoms with E-state index in [9.17, 15) is 14.4 Å². The van der Waals surface area contributed by atoms with E-state index in [-0.39, 0.29) is 23.3 Å². The molecule has 174 valence electrons. The average molecular weight is 460 g/mol. The number of carbonyl (C=O) groups is 2. The third kappa shape index (κ3) is 5.09. The average Bonchev–Trinajstić information content (AvgIpc) is 3.16. The highest BCUT2D eigenvalue weighted by atomic mass is 32.1. The van der Waals surface area contributed by atoms with Gasteiger partial charge in [0.25, 0.3) is 11.5 Å². The van der Waals surface area contributed by atoms with Crippen molar-refractivity contribution in [2.75, 3.05) is 19.6 Å². The number of carbonyl (C=O) groups excluding carboxylic acids is 2. The van der Waals surface area contributed by atoms with E-state index in [1.165, 1.54) is 16.0 Å². The Morgan fingerprint density at radius 1 is 1.12 bits per heavy atom. The molecule has 0 radical (unpaired) electrons. The molecule has 1 N–H and O–H groups in total. The number of piperidine rings is 1. The summed E-state index contributed by atoms with van der Waals surface area (Å²) in [6.45, 7) is 9.48. The van der Waals surface area contributed by atoms with Crippen LogP contribution in [0.4, 0.5) is 0 Å². The number of nitrogens with zero attached hydrogens (tertiary/aromatic N) is 4. The van der Waals surface area contributed by atoms with Gasteiger partial charge in [-0.25, -0.2) is 9.67 Å². The zero-order chi connectivity index (χ0) is 23.4. The molecule has 0 spiro atoms. The predicted molar refractivity (Wildman–Crippen MR) is 126 cm³/mol. The number of aromatic nitrogens is 3. The Kier molecular flexibility index (Phi) is 7.82. The van der Waals surface area contributed by atoms with Gasteiger partial charge < -0.3 is 10.2 Å². The largest absolute Gasteiger partial charge is 0.356 e. The van der Waals surface area contributed by atoms with Gasteiger partial charge in [0.1, 0.15) is 9.88 Å². The lowest BCUT2D eigenvalue weighted by Crippen LogP contribution is -2.43. The van der Waals surface area contributed by atoms with Crippen molar-refractivity contribution in [2.24, 2.45) is 13.0 Å². The van der Waals surface area contributed by atoms with Crippen molar-refractivity contribution >= 4 is 23.2 Å². The van der Waals surface area contributed by atoms with Crippen molar-refractivity contribution < 1.29 is 9.59 Å². The Morgan fingerprint density at radius 3 is 2.47 bits per heavy atom. The molecular weight excluding hydrogens is 426 g/mol. The maximum atomic E-state index is 13.2. The number of unbranched alkanes of at least 4 members (excludes halogenated alkanes) is 2. The lowest BCUT2D eigenvalue weighted by Gasteiger charge is -2.31. The monoisotopic (exact) mass is 459 g/mol. The fourth-order valence-corrected chi connectivity index (χ4v) is 5.15. The maximum absolute atomic E-state index is 13.2. The van der Waals surface area contributed by atoms with Gasteiger partial charge in [0.2, 0.25) is 5.91 Å². The molecule has 0 bridgehead atoms. The summed E-state index contributed by atoms with van der Waals surface area (Å²) in [5.41, 5.74) is 2.46. The minimum atomic E-state index is -0.216. The highest BCUT2D eigenvalue weighted by molar-refractivity contribution is 7.17. The molecule has 2 amide bonds. The second-order valence-electron chi connectivity index (χ2n) is 8.51. The standard InChI is InChI=1S/C23H33N5O3S/c1-6-7-8-11-24-20(29)17-9-12-28(13-10-17)23(31)19-16(4)25-21(32-19)18-14(2)15(3)26-27(5)22(18)30/h17H,6-13H2,1-5H3,(H,24,29). The van der Waals surface area contributed by atoms with Crippen molar-refractivity contribution in [1.82, 2.24) is 25.0 Å². The van der Waals surface area contributed by atoms with E-state index in [0.29, 0.717) is 47.1 Å². The highest BCUT2D eigenvalue weighted by Gasteiger charge is 2.30. The fourth-order valence-electron chi connectivity index (χ4n) is 4.02. The molecule has 0 unspecified atom stereocenters. The molecule has 3 rings (SSSR count). The van der Waals surface area contributed by atoms with Crippen LogP contribution >= 0.6 is 11.3 Å². The summed E-state index contributed by atoms with van der Waals surface area (Å²) < 4.78 is 1.31. The van der Waals surface area contributed by atoms with Crippen molar-refractivity contribution in [1.29, 1.82) is 0 Å². The molecule has 2 aromatic heterocycles. The van der Waals surface area contributed by atoms with Crippen LogP contribution < -0.4 is 10.9 Å². The second-order valence-corrected chi connectivity index (χ2v) is 9.51. The lowest BCUT2D eigenvalue weighted by molar-refractivity contribution is -0.126. The molecule has 1 fully saturated rings. The van der Waals surface area contributed by atoms with Gasteiger partial charge in [-0.3, -0.25) is 14.4 Å². The molecule has 8 nitrogen and oxygen atoms in total. The van der Waals surface area contributed by atoms with Crippen LogP contribution in [0.3, 0.4) is 0 Å². The number of thiazole rings is 1. The normalized spacial score (nSPS) is 14.6. The maximum Gasteiger partial charge on any atom is 0.277 e. The van der Waals surface area contributed by atoms with Crippen molar-refractivity contribution in [3.8, 4) is 10.6 Å². The minimum absolute atomic E-state index is 0.0377. The van der Waals surface area contributed by atoms with Crippen LogP contribution in [0.15, 0.2) is 4.79 Å². The Labute approximate surface area is 193 Å². The Balaban J connectivity index is 1.69. The molecule has 0 aliphatic carbocycles. The zero-order valence-electron chi connectivity index (χ0n) is 19.7. The van der Waals surface area contributed by atoms with E-state index in [0.717, 1.165) is 37.1 Å². The van der Waals surface area contributed by atoms with Crippen LogP contribution in [-0.2, 0) is 11.8 Å². The summed E-state index contributed by atoms with van der Waals surface area (Å²) in [6.07, 6.45) is 4.59. The summed E-state index contributed by atoms with van der Waals surface area (Å²) in [6, 6.07) is 0. The molecular formula is C23H33N5O3S. The molecule has 1 aliphatic heterocycles. The molecule has 0 saturated carbocycles. The van der Waals surface area contributed by atoms with E-state index < -0.39 is 0 Å². The van der Waals surface area contributed by atoms with Gasteiger partial charge in [-0.1, -0.05) is 19.8 Å². The quantitative estimate of drug-likeness (QED) is 0.642. The van der Waals surface area contributed by atoms with E-state index in [1.807, 2.05) is 13.8 Å². The fraction of sp³-hybridized carbons (Fsp3) is 0.609. The first-order valence-electron chi connectivity index (χ1n) is 11.3. The lowest BCUT2D eigenvalue weighted by atomic mass is 9.95. The van der Waals surface area contributed by atoms with Crippen molar-refractivity contribution in [2.45, 2.75) is 59.8 Å². The summed E-state index contributed by atoms with van der Waals surface area (Å²) in [4.78, 5) is 45.2. The first kappa shape index (κ1) is 24.1. The number of likely N-dealkylation sites (tertiary alicyclic amines) is 1. The van der Waals surface area contributed by atoms with Crippen LogP contribution in [0, 0.1) is 26.7 Å². The van der Waals surface area contributed by atoms with Gasteiger partial charge in [-0.15, -0.1) is 11.3 Å². The van der Waals surface area contributed by atoms with E-state index >= 15 is 0 Å². The Bertz CT molecular complexity index is 1050. The van der Waals surface area contributed by atoms with E-state index in [2.05, 4.69) is 22.3 Å². The molecule has 1 saturated heterocycles. The van der Waals surface area contributed by atoms with Crippen molar-refractivity contribution in [3.63, 3.8) is 0 Å². The SMILES string of the molecule is CCCCCNC(=O)C1CCN(C(=O)c2sc(-c3c(C)c(C)nn(C)c3=O)nc2C)CC1. The third-order valence-electron chi connectivity index (χ3n) is 6.16. The summed E-state index contributed by atoms with van der Waals surface area (Å²) in [7, 11) is 1.62. The highest BCUT2D eigenvalue weighted by Crippen LogP contribution is 2.30. The van der Waals surface area contributed by atoms with Crippen LogP contribution in [0.25, 0.3) is 10.6 Å². The summed E-state index contributed by atoms with van der Waals surface area (Å²) >= 11 is 1.26. The molecule has 0 aromatic carbocycles. The molecule has 1 aliphatic rings. The predicted octanol–water partition coefficient (Wildman–Crippen LogP) is 2.99. The zero-order valence-corrected chi connectivity index (χ0v) is 20.5. The number of rotatable bonds is 7. The summed E-state index contributed by atoms with van der Waals surface area (Å²) in [5, 5.41) is 7.80. The van der Waals surface area contributed by atoms with Crippen molar-refractivity contribution in [3.05, 3.63) is 32.2 Å². The minimum Gasteiger partial charge on any atom is -0.356 e. The van der Waals surface area contributed by atoms with Crippen LogP contribution in [-0.4, -0.2) is 51.1 Å². The number of aryl methyl sites for hydroxylation is 3. The number of nitrogens with one attached hydrogen (secondary N) is 1. The number of hydrogen-bond donors (Lipinski definition) is 1. The third-order valence-corrected chi connectivity index (χ3v) is 7.33.